The summed E-state index contributed by atoms with van der Waals surface area (Å²) in [7, 11) is 0. The monoisotopic (exact) mass is 206 g/mol. The van der Waals surface area contributed by atoms with Crippen LogP contribution in [0.15, 0.2) is 24.3 Å². The standard InChI is InChI=1S/C13H18O2/c1-2-3-6-11-7-4-5-8-12(11)9-10-13(14)15/h4-5,7-8H,2-3,6,9-10H2,1H3,(H,14,15). The summed E-state index contributed by atoms with van der Waals surface area (Å²) in [5.41, 5.74) is 2.49. The first-order valence-electron chi connectivity index (χ1n) is 5.52. The topological polar surface area (TPSA) is 37.3 Å². The number of hydrogen-bond donors (Lipinski definition) is 1. The molecule has 1 aromatic carbocycles. The lowest BCUT2D eigenvalue weighted by atomic mass is 9.99. The highest BCUT2D eigenvalue weighted by Gasteiger charge is 2.03. The van der Waals surface area contributed by atoms with Crippen LogP contribution in [0.1, 0.15) is 37.3 Å². The van der Waals surface area contributed by atoms with Crippen LogP contribution in [0.4, 0.5) is 0 Å². The van der Waals surface area contributed by atoms with Crippen molar-refractivity contribution in [2.24, 2.45) is 0 Å². The third kappa shape index (κ3) is 4.15. The number of carbonyl (C=O) groups is 1. The first-order chi connectivity index (χ1) is 7.24. The van der Waals surface area contributed by atoms with Gasteiger partial charge in [0.05, 0.1) is 0 Å². The first kappa shape index (κ1) is 11.8. The number of carboxylic acid groups (broad SMARTS) is 1. The average molecular weight is 206 g/mol. The van der Waals surface area contributed by atoms with E-state index in [9.17, 15) is 4.79 Å². The van der Waals surface area contributed by atoms with Crippen molar-refractivity contribution in [1.29, 1.82) is 0 Å². The molecule has 0 saturated heterocycles. The second-order valence-electron chi connectivity index (χ2n) is 3.77. The first-order valence-corrected chi connectivity index (χ1v) is 5.52. The molecular formula is C13H18O2. The van der Waals surface area contributed by atoms with Gasteiger partial charge in [-0.15, -0.1) is 0 Å². The maximum absolute atomic E-state index is 10.5. The molecule has 1 aromatic rings. The van der Waals surface area contributed by atoms with E-state index in [1.807, 2.05) is 18.2 Å². The van der Waals surface area contributed by atoms with Gasteiger partial charge in [-0.3, -0.25) is 4.79 Å². The Labute approximate surface area is 90.9 Å². The molecule has 0 atom stereocenters. The van der Waals surface area contributed by atoms with Crippen LogP contribution < -0.4 is 0 Å². The normalized spacial score (nSPS) is 10.2. The van der Waals surface area contributed by atoms with E-state index in [0.717, 1.165) is 6.42 Å². The number of hydrogen-bond acceptors (Lipinski definition) is 1. The molecule has 0 aliphatic heterocycles. The molecule has 0 saturated carbocycles. The highest BCUT2D eigenvalue weighted by atomic mass is 16.4. The van der Waals surface area contributed by atoms with Gasteiger partial charge in [0.1, 0.15) is 0 Å². The Morgan fingerprint density at radius 3 is 2.33 bits per heavy atom. The molecule has 0 aromatic heterocycles. The molecule has 0 aliphatic rings. The van der Waals surface area contributed by atoms with Crippen LogP contribution in [-0.2, 0) is 17.6 Å². The van der Waals surface area contributed by atoms with Crippen molar-refractivity contribution >= 4 is 5.97 Å². The maximum atomic E-state index is 10.5. The van der Waals surface area contributed by atoms with Crippen molar-refractivity contribution in [2.75, 3.05) is 0 Å². The molecule has 15 heavy (non-hydrogen) atoms. The van der Waals surface area contributed by atoms with E-state index in [1.54, 1.807) is 0 Å². The minimum atomic E-state index is -0.722. The summed E-state index contributed by atoms with van der Waals surface area (Å²) < 4.78 is 0. The Hall–Kier alpha value is -1.31. The fraction of sp³-hybridized carbons (Fsp3) is 0.462. The molecule has 0 unspecified atom stereocenters. The predicted octanol–water partition coefficient (Wildman–Crippen LogP) is 3.05. The number of aliphatic carboxylic acids is 1. The predicted molar refractivity (Wildman–Crippen MR) is 61.0 cm³/mol. The maximum Gasteiger partial charge on any atom is 0.303 e. The van der Waals surface area contributed by atoms with E-state index in [-0.39, 0.29) is 6.42 Å². The Bertz CT molecular complexity index is 318. The fourth-order valence-corrected chi connectivity index (χ4v) is 1.65. The number of carboxylic acids is 1. The van der Waals surface area contributed by atoms with Gasteiger partial charge in [-0.2, -0.15) is 0 Å². The molecule has 0 radical (unpaired) electrons. The third-order valence-electron chi connectivity index (χ3n) is 2.53. The number of rotatable bonds is 6. The van der Waals surface area contributed by atoms with Gasteiger partial charge in [0.2, 0.25) is 0 Å². The summed E-state index contributed by atoms with van der Waals surface area (Å²) in [4.78, 5) is 10.5. The van der Waals surface area contributed by atoms with Crippen LogP contribution in [0.2, 0.25) is 0 Å². The second-order valence-corrected chi connectivity index (χ2v) is 3.77. The zero-order valence-electron chi connectivity index (χ0n) is 9.20. The molecule has 0 bridgehead atoms. The molecule has 0 aliphatic carbocycles. The van der Waals surface area contributed by atoms with Gasteiger partial charge in [-0.25, -0.2) is 0 Å². The van der Waals surface area contributed by atoms with Gasteiger partial charge < -0.3 is 5.11 Å². The summed E-state index contributed by atoms with van der Waals surface area (Å²) >= 11 is 0. The van der Waals surface area contributed by atoms with E-state index >= 15 is 0 Å². The van der Waals surface area contributed by atoms with Gasteiger partial charge in [-0.05, 0) is 30.4 Å². The smallest absolute Gasteiger partial charge is 0.303 e. The van der Waals surface area contributed by atoms with Crippen LogP contribution in [0.5, 0.6) is 0 Å². The zero-order chi connectivity index (χ0) is 11.1. The van der Waals surface area contributed by atoms with Gasteiger partial charge in [-0.1, -0.05) is 37.6 Å². The Kier molecular flexibility index (Phi) is 4.88. The summed E-state index contributed by atoms with van der Waals surface area (Å²) in [6, 6.07) is 8.14. The number of benzene rings is 1. The number of aryl methyl sites for hydroxylation is 2. The average Bonchev–Trinajstić information content (AvgIpc) is 2.24. The van der Waals surface area contributed by atoms with Crippen LogP contribution in [-0.4, -0.2) is 11.1 Å². The van der Waals surface area contributed by atoms with Crippen molar-refractivity contribution in [3.05, 3.63) is 35.4 Å². The van der Waals surface area contributed by atoms with Crippen LogP contribution in [0.25, 0.3) is 0 Å². The minimum absolute atomic E-state index is 0.225. The van der Waals surface area contributed by atoms with Crippen molar-refractivity contribution in [3.63, 3.8) is 0 Å². The Morgan fingerprint density at radius 2 is 1.80 bits per heavy atom. The van der Waals surface area contributed by atoms with E-state index in [0.29, 0.717) is 6.42 Å². The molecule has 2 nitrogen and oxygen atoms in total. The summed E-state index contributed by atoms with van der Waals surface area (Å²) in [5.74, 6) is -0.722. The van der Waals surface area contributed by atoms with Gasteiger partial charge in [0, 0.05) is 6.42 Å². The lowest BCUT2D eigenvalue weighted by Gasteiger charge is -2.07. The lowest BCUT2D eigenvalue weighted by Crippen LogP contribution is -2.00. The molecule has 2 heteroatoms. The minimum Gasteiger partial charge on any atom is -0.481 e. The Morgan fingerprint density at radius 1 is 1.20 bits per heavy atom. The zero-order valence-corrected chi connectivity index (χ0v) is 9.20. The summed E-state index contributed by atoms with van der Waals surface area (Å²) in [6.07, 6.45) is 4.28. The fourth-order valence-electron chi connectivity index (χ4n) is 1.65. The van der Waals surface area contributed by atoms with Gasteiger partial charge in [0.15, 0.2) is 0 Å². The molecule has 0 amide bonds. The van der Waals surface area contributed by atoms with E-state index in [2.05, 4.69) is 13.0 Å². The molecule has 0 spiro atoms. The van der Waals surface area contributed by atoms with Crippen LogP contribution in [0.3, 0.4) is 0 Å². The van der Waals surface area contributed by atoms with Crippen molar-refractivity contribution in [2.45, 2.75) is 39.0 Å². The molecule has 1 N–H and O–H groups in total. The largest absolute Gasteiger partial charge is 0.481 e. The quantitative estimate of drug-likeness (QED) is 0.776. The lowest BCUT2D eigenvalue weighted by molar-refractivity contribution is -0.136. The second kappa shape index (κ2) is 6.23. The van der Waals surface area contributed by atoms with Crippen molar-refractivity contribution in [3.8, 4) is 0 Å². The highest BCUT2D eigenvalue weighted by Crippen LogP contribution is 2.13. The summed E-state index contributed by atoms with van der Waals surface area (Å²) in [5, 5.41) is 8.64. The molecule has 82 valence electrons. The van der Waals surface area contributed by atoms with Gasteiger partial charge >= 0.3 is 5.97 Å². The summed E-state index contributed by atoms with van der Waals surface area (Å²) in [6.45, 7) is 2.17. The van der Waals surface area contributed by atoms with Crippen molar-refractivity contribution < 1.29 is 9.90 Å². The van der Waals surface area contributed by atoms with Gasteiger partial charge in [0.25, 0.3) is 0 Å². The van der Waals surface area contributed by atoms with Crippen molar-refractivity contribution in [1.82, 2.24) is 0 Å². The van der Waals surface area contributed by atoms with E-state index in [4.69, 9.17) is 5.11 Å². The SMILES string of the molecule is CCCCc1ccccc1CCC(=O)O. The molecule has 1 rings (SSSR count). The molecule has 0 heterocycles. The highest BCUT2D eigenvalue weighted by molar-refractivity contribution is 5.67. The molecular weight excluding hydrogens is 188 g/mol. The van der Waals surface area contributed by atoms with E-state index < -0.39 is 5.97 Å². The Balaban J connectivity index is 2.63. The van der Waals surface area contributed by atoms with Crippen LogP contribution >= 0.6 is 0 Å². The third-order valence-corrected chi connectivity index (χ3v) is 2.53. The molecule has 0 fully saturated rings. The van der Waals surface area contributed by atoms with Crippen LogP contribution in [0, 0.1) is 0 Å². The van der Waals surface area contributed by atoms with E-state index in [1.165, 1.54) is 24.0 Å². The number of unbranched alkanes of at least 4 members (excludes halogenated alkanes) is 1.